The molecular weight excluding hydrogens is 200 g/mol. The first-order valence-electron chi connectivity index (χ1n) is 4.98. The van der Waals surface area contributed by atoms with Gasteiger partial charge in [0.1, 0.15) is 0 Å². The van der Waals surface area contributed by atoms with Crippen LogP contribution in [0.25, 0.3) is 0 Å². The molecule has 0 aliphatic carbocycles. The van der Waals surface area contributed by atoms with Crippen LogP contribution in [0, 0.1) is 0 Å². The Balaban J connectivity index is 2.83. The van der Waals surface area contributed by atoms with Gasteiger partial charge in [-0.1, -0.05) is 0 Å². The third-order valence-electron chi connectivity index (χ3n) is 2.45. The normalized spacial score (nSPS) is 26.4. The van der Waals surface area contributed by atoms with Gasteiger partial charge in [0, 0.05) is 25.7 Å². The lowest BCUT2D eigenvalue weighted by molar-refractivity contribution is 0.303. The Labute approximate surface area is 86.7 Å². The SMILES string of the molecule is C[C@@H]1CN(S(=O)(=O)C(C)(C)C)CCN1. The number of sulfonamides is 1. The van der Waals surface area contributed by atoms with Crippen LogP contribution in [0.3, 0.4) is 0 Å². The number of hydrogen-bond donors (Lipinski definition) is 1. The minimum absolute atomic E-state index is 0.251. The lowest BCUT2D eigenvalue weighted by atomic mass is 10.3. The zero-order chi connectivity index (χ0) is 11.0. The van der Waals surface area contributed by atoms with E-state index in [0.717, 1.165) is 6.54 Å². The summed E-state index contributed by atoms with van der Waals surface area (Å²) < 4.78 is 25.0. The standard InChI is InChI=1S/C9H20N2O2S/c1-8-7-11(6-5-10-8)14(12,13)9(2,3)4/h8,10H,5-7H2,1-4H3/t8-/m1/s1. The fourth-order valence-electron chi connectivity index (χ4n) is 1.50. The van der Waals surface area contributed by atoms with Gasteiger partial charge >= 0.3 is 0 Å². The molecule has 0 saturated carbocycles. The molecule has 4 nitrogen and oxygen atoms in total. The molecule has 0 amide bonds. The van der Waals surface area contributed by atoms with Crippen LogP contribution in [0.15, 0.2) is 0 Å². The Morgan fingerprint density at radius 2 is 1.93 bits per heavy atom. The van der Waals surface area contributed by atoms with Gasteiger partial charge in [0.25, 0.3) is 0 Å². The predicted molar refractivity (Wildman–Crippen MR) is 57.7 cm³/mol. The van der Waals surface area contributed by atoms with Gasteiger partial charge in [-0.2, -0.15) is 4.31 Å². The zero-order valence-electron chi connectivity index (χ0n) is 9.37. The maximum absolute atomic E-state index is 12.1. The number of rotatable bonds is 1. The van der Waals surface area contributed by atoms with Gasteiger partial charge in [0.15, 0.2) is 0 Å². The smallest absolute Gasteiger partial charge is 0.219 e. The lowest BCUT2D eigenvalue weighted by Gasteiger charge is -2.35. The van der Waals surface area contributed by atoms with Crippen molar-refractivity contribution in [2.75, 3.05) is 19.6 Å². The molecule has 0 aromatic rings. The first kappa shape index (κ1) is 11.9. The van der Waals surface area contributed by atoms with Crippen molar-refractivity contribution in [3.8, 4) is 0 Å². The van der Waals surface area contributed by atoms with Crippen molar-refractivity contribution in [1.82, 2.24) is 9.62 Å². The van der Waals surface area contributed by atoms with E-state index in [1.165, 1.54) is 0 Å². The highest BCUT2D eigenvalue weighted by molar-refractivity contribution is 7.90. The van der Waals surface area contributed by atoms with E-state index in [0.29, 0.717) is 13.1 Å². The highest BCUT2D eigenvalue weighted by atomic mass is 32.2. The van der Waals surface area contributed by atoms with E-state index >= 15 is 0 Å². The summed E-state index contributed by atoms with van der Waals surface area (Å²) in [5.41, 5.74) is 0. The maximum Gasteiger partial charge on any atom is 0.219 e. The van der Waals surface area contributed by atoms with Crippen LogP contribution in [0.1, 0.15) is 27.7 Å². The van der Waals surface area contributed by atoms with E-state index in [1.807, 2.05) is 6.92 Å². The molecular formula is C9H20N2O2S. The topological polar surface area (TPSA) is 49.4 Å². The summed E-state index contributed by atoms with van der Waals surface area (Å²) in [5.74, 6) is 0. The molecule has 0 radical (unpaired) electrons. The molecule has 0 unspecified atom stereocenters. The van der Waals surface area contributed by atoms with E-state index in [2.05, 4.69) is 5.32 Å². The maximum atomic E-state index is 12.1. The molecule has 5 heteroatoms. The molecule has 1 atom stereocenters. The molecule has 1 aliphatic rings. The summed E-state index contributed by atoms with van der Waals surface area (Å²) >= 11 is 0. The van der Waals surface area contributed by atoms with Crippen LogP contribution in [0.4, 0.5) is 0 Å². The van der Waals surface area contributed by atoms with Crippen molar-refractivity contribution in [3.63, 3.8) is 0 Å². The van der Waals surface area contributed by atoms with Crippen LogP contribution < -0.4 is 5.32 Å². The number of nitrogens with one attached hydrogen (secondary N) is 1. The van der Waals surface area contributed by atoms with Crippen molar-refractivity contribution < 1.29 is 8.42 Å². The van der Waals surface area contributed by atoms with Crippen LogP contribution >= 0.6 is 0 Å². The Kier molecular flexibility index (Phi) is 3.23. The quantitative estimate of drug-likeness (QED) is 0.696. The Bertz CT molecular complexity index is 292. The van der Waals surface area contributed by atoms with Crippen LogP contribution in [0.2, 0.25) is 0 Å². The van der Waals surface area contributed by atoms with Gasteiger partial charge in [0.2, 0.25) is 10.0 Å². The Morgan fingerprint density at radius 3 is 2.36 bits per heavy atom. The third kappa shape index (κ3) is 2.27. The minimum atomic E-state index is -3.14. The predicted octanol–water partition coefficient (Wildman–Crippen LogP) is 0.408. The second kappa shape index (κ2) is 3.79. The van der Waals surface area contributed by atoms with E-state index < -0.39 is 14.8 Å². The highest BCUT2D eigenvalue weighted by Crippen LogP contribution is 2.21. The van der Waals surface area contributed by atoms with Crippen molar-refractivity contribution >= 4 is 10.0 Å². The Morgan fingerprint density at radius 1 is 1.36 bits per heavy atom. The van der Waals surface area contributed by atoms with Crippen LogP contribution in [-0.4, -0.2) is 43.1 Å². The molecule has 84 valence electrons. The van der Waals surface area contributed by atoms with Gasteiger partial charge in [0.05, 0.1) is 4.75 Å². The van der Waals surface area contributed by atoms with E-state index in [9.17, 15) is 8.42 Å². The summed E-state index contributed by atoms with van der Waals surface area (Å²) in [5, 5.41) is 3.23. The van der Waals surface area contributed by atoms with E-state index in [-0.39, 0.29) is 6.04 Å². The summed E-state index contributed by atoms with van der Waals surface area (Å²) in [4.78, 5) is 0. The monoisotopic (exact) mass is 220 g/mol. The van der Waals surface area contributed by atoms with Crippen molar-refractivity contribution in [2.24, 2.45) is 0 Å². The van der Waals surface area contributed by atoms with Crippen molar-refractivity contribution in [2.45, 2.75) is 38.5 Å². The second-order valence-corrected chi connectivity index (χ2v) is 7.52. The average Bonchev–Trinajstić information content (AvgIpc) is 2.02. The fourth-order valence-corrected chi connectivity index (χ4v) is 3.03. The molecule has 1 saturated heterocycles. The largest absolute Gasteiger partial charge is 0.312 e. The number of nitrogens with zero attached hydrogens (tertiary/aromatic N) is 1. The number of piperazine rings is 1. The fraction of sp³-hybridized carbons (Fsp3) is 1.00. The van der Waals surface area contributed by atoms with E-state index in [1.54, 1.807) is 25.1 Å². The highest BCUT2D eigenvalue weighted by Gasteiger charge is 2.36. The van der Waals surface area contributed by atoms with Crippen LogP contribution in [-0.2, 0) is 10.0 Å². The summed E-state index contributed by atoms with van der Waals surface area (Å²) in [7, 11) is -3.14. The molecule has 1 aliphatic heterocycles. The third-order valence-corrected chi connectivity index (χ3v) is 5.00. The number of hydrogen-bond acceptors (Lipinski definition) is 3. The molecule has 1 rings (SSSR count). The first-order valence-corrected chi connectivity index (χ1v) is 6.42. The molecule has 1 N–H and O–H groups in total. The summed E-state index contributed by atoms with van der Waals surface area (Å²) in [6.45, 7) is 9.16. The Hall–Kier alpha value is -0.130. The van der Waals surface area contributed by atoms with Crippen LogP contribution in [0.5, 0.6) is 0 Å². The first-order chi connectivity index (χ1) is 6.25. The zero-order valence-corrected chi connectivity index (χ0v) is 10.2. The molecule has 14 heavy (non-hydrogen) atoms. The van der Waals surface area contributed by atoms with Crippen molar-refractivity contribution in [3.05, 3.63) is 0 Å². The van der Waals surface area contributed by atoms with Gasteiger partial charge < -0.3 is 5.32 Å². The van der Waals surface area contributed by atoms with Gasteiger partial charge in [-0.05, 0) is 27.7 Å². The molecule has 1 fully saturated rings. The van der Waals surface area contributed by atoms with E-state index in [4.69, 9.17) is 0 Å². The molecule has 0 aromatic carbocycles. The average molecular weight is 220 g/mol. The summed E-state index contributed by atoms with van der Waals surface area (Å²) in [6, 6.07) is 0.251. The van der Waals surface area contributed by atoms with Gasteiger partial charge in [-0.25, -0.2) is 8.42 Å². The van der Waals surface area contributed by atoms with Crippen molar-refractivity contribution in [1.29, 1.82) is 0 Å². The molecule has 0 bridgehead atoms. The second-order valence-electron chi connectivity index (χ2n) is 4.83. The molecule has 0 spiro atoms. The molecule has 1 heterocycles. The lowest BCUT2D eigenvalue weighted by Crippen LogP contribution is -2.54. The van der Waals surface area contributed by atoms with Gasteiger partial charge in [-0.3, -0.25) is 0 Å². The van der Waals surface area contributed by atoms with Gasteiger partial charge in [-0.15, -0.1) is 0 Å². The molecule has 0 aromatic heterocycles. The minimum Gasteiger partial charge on any atom is -0.312 e. The summed E-state index contributed by atoms with van der Waals surface area (Å²) in [6.07, 6.45) is 0.